The molecule has 0 bridgehead atoms. The molecule has 3 aliphatic carbocycles. The number of thioether (sulfide) groups is 1. The third-order valence-electron chi connectivity index (χ3n) is 3.58. The molecule has 3 saturated carbocycles. The van der Waals surface area contributed by atoms with Crippen LogP contribution in [0.4, 0.5) is 0 Å². The molecule has 0 aromatic carbocycles. The molecule has 3 fully saturated rings. The maximum absolute atomic E-state index is 2.37. The monoisotopic (exact) mass is 182 g/mol. The first-order chi connectivity index (χ1) is 5.93. The van der Waals surface area contributed by atoms with Crippen LogP contribution in [0.3, 0.4) is 0 Å². The normalized spacial score (nSPS) is 30.8. The molecule has 0 aliphatic heterocycles. The van der Waals surface area contributed by atoms with E-state index in [2.05, 4.69) is 11.8 Å². The fourth-order valence-corrected chi connectivity index (χ4v) is 4.22. The largest absolute Gasteiger partial charge is 0.155 e. The summed E-state index contributed by atoms with van der Waals surface area (Å²) in [5.74, 6) is 2.31. The quantitative estimate of drug-likeness (QED) is 0.641. The maximum atomic E-state index is 2.37. The Kier molecular flexibility index (Phi) is 1.89. The molecule has 0 unspecified atom stereocenters. The molecule has 0 saturated heterocycles. The molecule has 3 rings (SSSR count). The van der Waals surface area contributed by atoms with Crippen molar-refractivity contribution in [3.05, 3.63) is 0 Å². The standard InChI is InChI=1S/C11H18S/c1-2-10(3-1)12-11(8-4-5-8)9-6-7-9/h8-11H,1-7H2. The molecule has 0 aromatic heterocycles. The zero-order valence-corrected chi connectivity index (χ0v) is 8.48. The first-order valence-corrected chi connectivity index (χ1v) is 6.53. The fourth-order valence-electron chi connectivity index (χ4n) is 2.19. The van der Waals surface area contributed by atoms with Crippen LogP contribution in [-0.2, 0) is 0 Å². The minimum Gasteiger partial charge on any atom is -0.155 e. The molecule has 0 atom stereocenters. The van der Waals surface area contributed by atoms with Gasteiger partial charge in [-0.05, 0) is 50.4 Å². The van der Waals surface area contributed by atoms with E-state index in [0.717, 1.165) is 22.3 Å². The van der Waals surface area contributed by atoms with Gasteiger partial charge in [0.2, 0.25) is 0 Å². The van der Waals surface area contributed by atoms with E-state index < -0.39 is 0 Å². The molecule has 0 nitrogen and oxygen atoms in total. The lowest BCUT2D eigenvalue weighted by Gasteiger charge is -2.29. The molecular formula is C11H18S. The number of hydrogen-bond acceptors (Lipinski definition) is 1. The van der Waals surface area contributed by atoms with Crippen molar-refractivity contribution in [1.82, 2.24) is 0 Å². The fraction of sp³-hybridized carbons (Fsp3) is 1.00. The second-order valence-electron chi connectivity index (χ2n) is 4.83. The summed E-state index contributed by atoms with van der Waals surface area (Å²) in [6.45, 7) is 0. The molecule has 0 radical (unpaired) electrons. The van der Waals surface area contributed by atoms with E-state index in [-0.39, 0.29) is 0 Å². The summed E-state index contributed by atoms with van der Waals surface area (Å²) in [5.41, 5.74) is 0. The van der Waals surface area contributed by atoms with Gasteiger partial charge in [0.1, 0.15) is 0 Å². The summed E-state index contributed by atoms with van der Waals surface area (Å²) in [6, 6.07) is 0. The molecule has 3 aliphatic rings. The Hall–Kier alpha value is 0.350. The summed E-state index contributed by atoms with van der Waals surface area (Å²) in [7, 11) is 0. The van der Waals surface area contributed by atoms with Gasteiger partial charge in [0.05, 0.1) is 0 Å². The van der Waals surface area contributed by atoms with Crippen molar-refractivity contribution < 1.29 is 0 Å². The average Bonchev–Trinajstić information content (AvgIpc) is 2.81. The van der Waals surface area contributed by atoms with Gasteiger partial charge in [-0.1, -0.05) is 6.42 Å². The first kappa shape index (κ1) is 7.73. The minimum atomic E-state index is 1.08. The van der Waals surface area contributed by atoms with E-state index in [1.807, 2.05) is 0 Å². The van der Waals surface area contributed by atoms with Crippen LogP contribution in [0.5, 0.6) is 0 Å². The highest BCUT2D eigenvalue weighted by Gasteiger charge is 2.43. The second kappa shape index (κ2) is 2.94. The van der Waals surface area contributed by atoms with Crippen molar-refractivity contribution in [2.75, 3.05) is 0 Å². The van der Waals surface area contributed by atoms with E-state index in [1.165, 1.54) is 19.3 Å². The maximum Gasteiger partial charge on any atom is 0.0106 e. The lowest BCUT2D eigenvalue weighted by Crippen LogP contribution is -2.20. The van der Waals surface area contributed by atoms with Crippen LogP contribution in [0, 0.1) is 11.8 Å². The van der Waals surface area contributed by atoms with Crippen LogP contribution >= 0.6 is 11.8 Å². The summed E-state index contributed by atoms with van der Waals surface area (Å²) < 4.78 is 0. The van der Waals surface area contributed by atoms with E-state index in [1.54, 1.807) is 25.7 Å². The predicted octanol–water partition coefficient (Wildman–Crippen LogP) is 3.46. The highest BCUT2D eigenvalue weighted by atomic mass is 32.2. The van der Waals surface area contributed by atoms with Crippen LogP contribution in [-0.4, -0.2) is 10.5 Å². The van der Waals surface area contributed by atoms with Gasteiger partial charge in [-0.15, -0.1) is 0 Å². The Morgan fingerprint density at radius 2 is 1.42 bits per heavy atom. The summed E-state index contributed by atoms with van der Waals surface area (Å²) >= 11 is 2.37. The first-order valence-electron chi connectivity index (χ1n) is 5.59. The van der Waals surface area contributed by atoms with E-state index in [0.29, 0.717) is 0 Å². The van der Waals surface area contributed by atoms with Crippen molar-refractivity contribution >= 4 is 11.8 Å². The van der Waals surface area contributed by atoms with Gasteiger partial charge >= 0.3 is 0 Å². The highest BCUT2D eigenvalue weighted by Crippen LogP contribution is 2.53. The Balaban J connectivity index is 1.54. The van der Waals surface area contributed by atoms with E-state index in [4.69, 9.17) is 0 Å². The molecule has 0 N–H and O–H groups in total. The lowest BCUT2D eigenvalue weighted by atomic mass is 10.00. The van der Waals surface area contributed by atoms with Gasteiger partial charge in [0, 0.05) is 10.5 Å². The second-order valence-corrected chi connectivity index (χ2v) is 6.31. The molecule has 12 heavy (non-hydrogen) atoms. The third-order valence-corrected chi connectivity index (χ3v) is 5.52. The van der Waals surface area contributed by atoms with E-state index in [9.17, 15) is 0 Å². The molecular weight excluding hydrogens is 164 g/mol. The van der Waals surface area contributed by atoms with Crippen molar-refractivity contribution in [2.24, 2.45) is 11.8 Å². The van der Waals surface area contributed by atoms with Crippen molar-refractivity contribution in [2.45, 2.75) is 55.4 Å². The van der Waals surface area contributed by atoms with Gasteiger partial charge < -0.3 is 0 Å². The van der Waals surface area contributed by atoms with Crippen molar-refractivity contribution in [3.8, 4) is 0 Å². The van der Waals surface area contributed by atoms with Gasteiger partial charge in [-0.2, -0.15) is 11.8 Å². The minimum absolute atomic E-state index is 1.08. The summed E-state index contributed by atoms with van der Waals surface area (Å²) in [6.07, 6.45) is 10.8. The molecule has 0 heterocycles. The van der Waals surface area contributed by atoms with Crippen LogP contribution in [0.25, 0.3) is 0 Å². The zero-order chi connectivity index (χ0) is 7.97. The molecule has 0 amide bonds. The van der Waals surface area contributed by atoms with Gasteiger partial charge in [-0.3, -0.25) is 0 Å². The van der Waals surface area contributed by atoms with Crippen LogP contribution in [0.15, 0.2) is 0 Å². The Bertz CT molecular complexity index is 154. The Labute approximate surface area is 79.5 Å². The Morgan fingerprint density at radius 3 is 1.75 bits per heavy atom. The lowest BCUT2D eigenvalue weighted by molar-refractivity contribution is 0.515. The van der Waals surface area contributed by atoms with Crippen molar-refractivity contribution in [1.29, 1.82) is 0 Å². The van der Waals surface area contributed by atoms with Crippen LogP contribution in [0.2, 0.25) is 0 Å². The molecule has 68 valence electrons. The van der Waals surface area contributed by atoms with E-state index >= 15 is 0 Å². The predicted molar refractivity (Wildman–Crippen MR) is 54.5 cm³/mol. The Morgan fingerprint density at radius 1 is 0.833 bits per heavy atom. The number of rotatable bonds is 4. The summed E-state index contributed by atoms with van der Waals surface area (Å²) in [5, 5.41) is 2.19. The average molecular weight is 182 g/mol. The SMILES string of the molecule is C1CC(SC(C2CC2)C2CC2)C1. The van der Waals surface area contributed by atoms with Crippen LogP contribution < -0.4 is 0 Å². The number of hydrogen-bond donors (Lipinski definition) is 0. The smallest absolute Gasteiger partial charge is 0.0106 e. The van der Waals surface area contributed by atoms with Gasteiger partial charge in [-0.25, -0.2) is 0 Å². The zero-order valence-electron chi connectivity index (χ0n) is 7.67. The molecule has 1 heteroatoms. The molecule has 0 aromatic rings. The highest BCUT2D eigenvalue weighted by molar-refractivity contribution is 8.00. The third kappa shape index (κ3) is 1.53. The summed E-state index contributed by atoms with van der Waals surface area (Å²) in [4.78, 5) is 0. The van der Waals surface area contributed by atoms with Gasteiger partial charge in [0.25, 0.3) is 0 Å². The van der Waals surface area contributed by atoms with Gasteiger partial charge in [0.15, 0.2) is 0 Å². The molecule has 0 spiro atoms. The topological polar surface area (TPSA) is 0 Å². The van der Waals surface area contributed by atoms with Crippen LogP contribution in [0.1, 0.15) is 44.9 Å². The van der Waals surface area contributed by atoms with Crippen molar-refractivity contribution in [3.63, 3.8) is 0 Å².